The molecule has 3 aromatic rings. The van der Waals surface area contributed by atoms with Gasteiger partial charge < -0.3 is 14.6 Å². The fourth-order valence-corrected chi connectivity index (χ4v) is 2.47. The second kappa shape index (κ2) is 7.49. The van der Waals surface area contributed by atoms with E-state index in [1.54, 1.807) is 6.33 Å². The van der Waals surface area contributed by atoms with E-state index in [1.807, 2.05) is 36.5 Å². The van der Waals surface area contributed by atoms with Crippen LogP contribution < -0.4 is 9.64 Å². The van der Waals surface area contributed by atoms with Crippen LogP contribution >= 0.6 is 0 Å². The Kier molecular flexibility index (Phi) is 4.94. The zero-order valence-electron chi connectivity index (χ0n) is 13.3. The maximum absolute atomic E-state index is 5.92. The first kappa shape index (κ1) is 15.2. The third-order valence-corrected chi connectivity index (χ3v) is 3.73. The molecule has 3 rings (SSSR count). The van der Waals surface area contributed by atoms with E-state index in [-0.39, 0.29) is 0 Å². The van der Waals surface area contributed by atoms with E-state index >= 15 is 0 Å². The van der Waals surface area contributed by atoms with Crippen molar-refractivity contribution in [2.45, 2.75) is 20.1 Å². The molecule has 0 saturated heterocycles. The minimum atomic E-state index is 0.580. The monoisotopic (exact) mass is 307 g/mol. The van der Waals surface area contributed by atoms with Gasteiger partial charge >= 0.3 is 0 Å². The van der Waals surface area contributed by atoms with Gasteiger partial charge in [-0.15, -0.1) is 0 Å². The summed E-state index contributed by atoms with van der Waals surface area (Å²) in [7, 11) is 0. The standard InChI is InChI=1S/C19H21N3O/c1-2-22(13-17-12-20-15-21-17)18-9-6-10-19(11-18)23-14-16-7-4-3-5-8-16/h3-12,15H,2,13-14H2,1H3,(H,20,21). The molecule has 0 radical (unpaired) electrons. The number of imidazole rings is 1. The lowest BCUT2D eigenvalue weighted by atomic mass is 10.2. The van der Waals surface area contributed by atoms with E-state index in [0.29, 0.717) is 6.61 Å². The van der Waals surface area contributed by atoms with Crippen molar-refractivity contribution < 1.29 is 4.74 Å². The van der Waals surface area contributed by atoms with E-state index < -0.39 is 0 Å². The largest absolute Gasteiger partial charge is 0.489 e. The second-order valence-electron chi connectivity index (χ2n) is 5.36. The molecule has 0 aliphatic carbocycles. The van der Waals surface area contributed by atoms with Gasteiger partial charge in [0.2, 0.25) is 0 Å². The Morgan fingerprint density at radius 3 is 2.70 bits per heavy atom. The Morgan fingerprint density at radius 1 is 1.09 bits per heavy atom. The number of aromatic nitrogens is 2. The normalized spacial score (nSPS) is 10.5. The summed E-state index contributed by atoms with van der Waals surface area (Å²) in [5, 5.41) is 0. The van der Waals surface area contributed by atoms with Crippen LogP contribution in [-0.4, -0.2) is 16.5 Å². The van der Waals surface area contributed by atoms with E-state index in [9.17, 15) is 0 Å². The molecular formula is C19H21N3O. The van der Waals surface area contributed by atoms with Gasteiger partial charge in [-0.2, -0.15) is 0 Å². The number of aromatic amines is 1. The van der Waals surface area contributed by atoms with Crippen molar-refractivity contribution >= 4 is 5.69 Å². The molecule has 1 N–H and O–H groups in total. The molecule has 118 valence electrons. The van der Waals surface area contributed by atoms with Crippen molar-refractivity contribution in [1.29, 1.82) is 0 Å². The van der Waals surface area contributed by atoms with Gasteiger partial charge in [-0.3, -0.25) is 0 Å². The number of H-pyrrole nitrogens is 1. The van der Waals surface area contributed by atoms with E-state index in [1.165, 1.54) is 5.56 Å². The second-order valence-corrected chi connectivity index (χ2v) is 5.36. The predicted octanol–water partition coefficient (Wildman–Crippen LogP) is 4.02. The highest BCUT2D eigenvalue weighted by Crippen LogP contribution is 2.23. The first-order valence-corrected chi connectivity index (χ1v) is 7.84. The average molecular weight is 307 g/mol. The third kappa shape index (κ3) is 4.13. The van der Waals surface area contributed by atoms with Gasteiger partial charge in [-0.1, -0.05) is 36.4 Å². The number of benzene rings is 2. The number of ether oxygens (including phenoxy) is 1. The Morgan fingerprint density at radius 2 is 1.96 bits per heavy atom. The van der Waals surface area contributed by atoms with Crippen LogP contribution in [-0.2, 0) is 13.2 Å². The van der Waals surface area contributed by atoms with Crippen molar-refractivity contribution in [3.05, 3.63) is 78.4 Å². The van der Waals surface area contributed by atoms with Crippen molar-refractivity contribution in [1.82, 2.24) is 9.97 Å². The van der Waals surface area contributed by atoms with Gasteiger partial charge in [0, 0.05) is 24.5 Å². The molecule has 0 amide bonds. The van der Waals surface area contributed by atoms with Gasteiger partial charge in [-0.25, -0.2) is 4.98 Å². The predicted molar refractivity (Wildman–Crippen MR) is 92.5 cm³/mol. The quantitative estimate of drug-likeness (QED) is 0.717. The maximum atomic E-state index is 5.92. The highest BCUT2D eigenvalue weighted by molar-refractivity contribution is 5.50. The lowest BCUT2D eigenvalue weighted by Gasteiger charge is -2.23. The molecule has 0 atom stereocenters. The van der Waals surface area contributed by atoms with Crippen molar-refractivity contribution in [2.24, 2.45) is 0 Å². The number of anilines is 1. The van der Waals surface area contributed by atoms with Crippen LogP contribution in [0.1, 0.15) is 18.2 Å². The molecule has 0 bridgehead atoms. The van der Waals surface area contributed by atoms with E-state index in [0.717, 1.165) is 30.2 Å². The molecule has 23 heavy (non-hydrogen) atoms. The lowest BCUT2D eigenvalue weighted by molar-refractivity contribution is 0.306. The van der Waals surface area contributed by atoms with E-state index in [2.05, 4.69) is 46.1 Å². The van der Waals surface area contributed by atoms with Crippen LogP contribution in [0.25, 0.3) is 0 Å². The van der Waals surface area contributed by atoms with Crippen LogP contribution in [0.4, 0.5) is 5.69 Å². The zero-order chi connectivity index (χ0) is 15.9. The van der Waals surface area contributed by atoms with Crippen molar-refractivity contribution in [3.8, 4) is 5.75 Å². The molecule has 0 unspecified atom stereocenters. The number of nitrogens with one attached hydrogen (secondary N) is 1. The van der Waals surface area contributed by atoms with Crippen LogP contribution in [0, 0.1) is 0 Å². The van der Waals surface area contributed by atoms with Crippen LogP contribution in [0.5, 0.6) is 5.75 Å². The number of rotatable bonds is 7. The molecule has 4 nitrogen and oxygen atoms in total. The van der Waals surface area contributed by atoms with Gasteiger partial charge in [0.1, 0.15) is 12.4 Å². The Bertz CT molecular complexity index is 710. The molecule has 4 heteroatoms. The summed E-state index contributed by atoms with van der Waals surface area (Å²) in [6.45, 7) is 4.45. The van der Waals surface area contributed by atoms with E-state index in [4.69, 9.17) is 4.74 Å². The molecule has 0 fully saturated rings. The van der Waals surface area contributed by atoms with Crippen molar-refractivity contribution in [3.63, 3.8) is 0 Å². The lowest BCUT2D eigenvalue weighted by Crippen LogP contribution is -2.22. The highest BCUT2D eigenvalue weighted by Gasteiger charge is 2.07. The highest BCUT2D eigenvalue weighted by atomic mass is 16.5. The summed E-state index contributed by atoms with van der Waals surface area (Å²) in [6.07, 6.45) is 3.57. The van der Waals surface area contributed by atoms with Crippen molar-refractivity contribution in [2.75, 3.05) is 11.4 Å². The molecule has 1 heterocycles. The summed E-state index contributed by atoms with van der Waals surface area (Å²) < 4.78 is 5.92. The Hall–Kier alpha value is -2.75. The molecule has 0 saturated carbocycles. The molecule has 0 aliphatic heterocycles. The average Bonchev–Trinajstić information content (AvgIpc) is 3.12. The molecular weight excluding hydrogens is 286 g/mol. The molecule has 0 spiro atoms. The fraction of sp³-hybridized carbons (Fsp3) is 0.211. The Labute approximate surface area is 136 Å². The number of hydrogen-bond acceptors (Lipinski definition) is 3. The summed E-state index contributed by atoms with van der Waals surface area (Å²) in [4.78, 5) is 9.51. The summed E-state index contributed by atoms with van der Waals surface area (Å²) in [5.74, 6) is 0.884. The zero-order valence-corrected chi connectivity index (χ0v) is 13.3. The Balaban J connectivity index is 1.68. The van der Waals surface area contributed by atoms with Gasteiger partial charge in [0.25, 0.3) is 0 Å². The topological polar surface area (TPSA) is 41.2 Å². The smallest absolute Gasteiger partial charge is 0.121 e. The first-order valence-electron chi connectivity index (χ1n) is 7.84. The van der Waals surface area contributed by atoms with Gasteiger partial charge in [0.15, 0.2) is 0 Å². The van der Waals surface area contributed by atoms with Crippen LogP contribution in [0.3, 0.4) is 0 Å². The first-order chi connectivity index (χ1) is 11.3. The van der Waals surface area contributed by atoms with Gasteiger partial charge in [0.05, 0.1) is 18.6 Å². The fourth-order valence-electron chi connectivity index (χ4n) is 2.47. The van der Waals surface area contributed by atoms with Crippen LogP contribution in [0.2, 0.25) is 0 Å². The summed E-state index contributed by atoms with van der Waals surface area (Å²) >= 11 is 0. The van der Waals surface area contributed by atoms with Crippen LogP contribution in [0.15, 0.2) is 67.1 Å². The summed E-state index contributed by atoms with van der Waals surface area (Å²) in [5.41, 5.74) is 3.41. The minimum absolute atomic E-state index is 0.580. The molecule has 1 aromatic heterocycles. The minimum Gasteiger partial charge on any atom is -0.489 e. The van der Waals surface area contributed by atoms with Gasteiger partial charge in [-0.05, 0) is 24.6 Å². The number of nitrogens with zero attached hydrogens (tertiary/aromatic N) is 2. The number of hydrogen-bond donors (Lipinski definition) is 1. The molecule has 0 aliphatic rings. The maximum Gasteiger partial charge on any atom is 0.121 e. The summed E-state index contributed by atoms with van der Waals surface area (Å²) in [6, 6.07) is 18.4. The SMILES string of the molecule is CCN(Cc1cnc[nH]1)c1cccc(OCc2ccccc2)c1. The third-order valence-electron chi connectivity index (χ3n) is 3.73. The molecule has 2 aromatic carbocycles.